The number of aryl methyl sites for hydroxylation is 1. The van der Waals surface area contributed by atoms with E-state index < -0.39 is 0 Å². The minimum absolute atomic E-state index is 0.736. The predicted octanol–water partition coefficient (Wildman–Crippen LogP) is 2.64. The summed E-state index contributed by atoms with van der Waals surface area (Å²) in [6.45, 7) is 3.01. The first-order valence-electron chi connectivity index (χ1n) is 6.16. The van der Waals surface area contributed by atoms with Gasteiger partial charge in [0.05, 0.1) is 5.69 Å². The first-order chi connectivity index (χ1) is 8.33. The number of benzene rings is 1. The number of nitrogens with zero attached hydrogens (tertiary/aromatic N) is 1. The average molecular weight is 227 g/mol. The molecule has 0 bridgehead atoms. The molecule has 1 fully saturated rings. The van der Waals surface area contributed by atoms with Crippen LogP contribution in [0.1, 0.15) is 24.1 Å². The number of H-pyrrole nitrogens is 1. The maximum absolute atomic E-state index is 4.38. The molecule has 88 valence electrons. The van der Waals surface area contributed by atoms with Crippen LogP contribution in [-0.4, -0.2) is 16.2 Å². The van der Waals surface area contributed by atoms with Crippen molar-refractivity contribution in [2.75, 3.05) is 0 Å². The molecular weight excluding hydrogens is 210 g/mol. The normalized spacial score (nSPS) is 15.1. The highest BCUT2D eigenvalue weighted by Gasteiger charge is 2.20. The van der Waals surface area contributed by atoms with Gasteiger partial charge in [-0.1, -0.05) is 24.3 Å². The van der Waals surface area contributed by atoms with E-state index in [4.69, 9.17) is 0 Å². The van der Waals surface area contributed by atoms with Gasteiger partial charge in [0.1, 0.15) is 0 Å². The molecule has 3 nitrogen and oxygen atoms in total. The highest BCUT2D eigenvalue weighted by Crippen LogP contribution is 2.22. The van der Waals surface area contributed by atoms with Gasteiger partial charge in [0.2, 0.25) is 0 Å². The van der Waals surface area contributed by atoms with Crippen LogP contribution in [0, 0.1) is 6.92 Å². The minimum atomic E-state index is 0.736. The van der Waals surface area contributed by atoms with Gasteiger partial charge in [-0.05, 0) is 31.4 Å². The lowest BCUT2D eigenvalue weighted by Crippen LogP contribution is -2.15. The Bertz CT molecular complexity index is 512. The molecule has 1 aliphatic carbocycles. The summed E-state index contributed by atoms with van der Waals surface area (Å²) >= 11 is 0. The molecule has 1 saturated carbocycles. The van der Waals surface area contributed by atoms with Gasteiger partial charge in [-0.15, -0.1) is 0 Å². The van der Waals surface area contributed by atoms with Crippen molar-refractivity contribution in [2.24, 2.45) is 0 Å². The van der Waals surface area contributed by atoms with Gasteiger partial charge in [-0.3, -0.25) is 5.10 Å². The van der Waals surface area contributed by atoms with Gasteiger partial charge in [0.25, 0.3) is 0 Å². The number of hydrogen-bond acceptors (Lipinski definition) is 2. The maximum atomic E-state index is 4.38. The molecule has 0 aliphatic heterocycles. The van der Waals surface area contributed by atoms with Crippen LogP contribution in [0.5, 0.6) is 0 Å². The van der Waals surface area contributed by atoms with E-state index in [9.17, 15) is 0 Å². The van der Waals surface area contributed by atoms with Crippen LogP contribution >= 0.6 is 0 Å². The molecule has 2 aromatic rings. The van der Waals surface area contributed by atoms with Crippen LogP contribution < -0.4 is 5.32 Å². The lowest BCUT2D eigenvalue weighted by atomic mass is 10.1. The first kappa shape index (κ1) is 10.5. The molecule has 1 aromatic heterocycles. The Morgan fingerprint density at radius 1 is 1.35 bits per heavy atom. The summed E-state index contributed by atoms with van der Waals surface area (Å²) in [5.41, 5.74) is 4.67. The van der Waals surface area contributed by atoms with Gasteiger partial charge in [0, 0.05) is 23.8 Å². The highest BCUT2D eigenvalue weighted by molar-refractivity contribution is 5.63. The predicted molar refractivity (Wildman–Crippen MR) is 68.6 cm³/mol. The van der Waals surface area contributed by atoms with Gasteiger partial charge in [0.15, 0.2) is 0 Å². The molecule has 0 spiro atoms. The largest absolute Gasteiger partial charge is 0.308 e. The maximum Gasteiger partial charge on any atom is 0.0926 e. The number of nitrogens with one attached hydrogen (secondary N) is 2. The van der Waals surface area contributed by atoms with Gasteiger partial charge in [-0.2, -0.15) is 5.10 Å². The fraction of sp³-hybridized carbons (Fsp3) is 0.357. The van der Waals surface area contributed by atoms with E-state index in [0.29, 0.717) is 0 Å². The van der Waals surface area contributed by atoms with Crippen LogP contribution in [0.4, 0.5) is 0 Å². The summed E-state index contributed by atoms with van der Waals surface area (Å²) in [4.78, 5) is 0. The summed E-state index contributed by atoms with van der Waals surface area (Å²) in [5, 5.41) is 11.0. The zero-order chi connectivity index (χ0) is 11.7. The second-order valence-electron chi connectivity index (χ2n) is 4.75. The van der Waals surface area contributed by atoms with Crippen molar-refractivity contribution in [2.45, 2.75) is 32.4 Å². The van der Waals surface area contributed by atoms with E-state index in [1.54, 1.807) is 0 Å². The molecule has 0 radical (unpaired) electrons. The molecule has 17 heavy (non-hydrogen) atoms. The summed E-state index contributed by atoms with van der Waals surface area (Å²) < 4.78 is 0. The fourth-order valence-electron chi connectivity index (χ4n) is 1.99. The first-order valence-corrected chi connectivity index (χ1v) is 6.16. The molecule has 0 amide bonds. The Morgan fingerprint density at radius 3 is 2.94 bits per heavy atom. The quantitative estimate of drug-likeness (QED) is 0.843. The third-order valence-corrected chi connectivity index (χ3v) is 3.21. The fourth-order valence-corrected chi connectivity index (χ4v) is 1.99. The molecule has 1 heterocycles. The molecule has 3 heteroatoms. The van der Waals surface area contributed by atoms with Crippen LogP contribution in [-0.2, 0) is 6.54 Å². The topological polar surface area (TPSA) is 40.7 Å². The van der Waals surface area contributed by atoms with Gasteiger partial charge in [-0.25, -0.2) is 0 Å². The molecule has 3 rings (SSSR count). The Labute approximate surface area is 101 Å². The van der Waals surface area contributed by atoms with E-state index in [-0.39, 0.29) is 0 Å². The molecule has 2 N–H and O–H groups in total. The summed E-state index contributed by atoms with van der Waals surface area (Å²) in [6, 6.07) is 11.2. The zero-order valence-corrected chi connectivity index (χ0v) is 10.0. The number of hydrogen-bond donors (Lipinski definition) is 2. The van der Waals surface area contributed by atoms with Crippen LogP contribution in [0.2, 0.25) is 0 Å². The number of rotatable bonds is 4. The number of aromatic amines is 1. The van der Waals surface area contributed by atoms with Crippen molar-refractivity contribution < 1.29 is 0 Å². The van der Waals surface area contributed by atoms with Crippen molar-refractivity contribution >= 4 is 0 Å². The molecule has 1 aliphatic rings. The summed E-state index contributed by atoms with van der Waals surface area (Å²) in [6.07, 6.45) is 2.64. The Morgan fingerprint density at radius 2 is 2.18 bits per heavy atom. The Kier molecular flexibility index (Phi) is 2.69. The van der Waals surface area contributed by atoms with E-state index in [1.165, 1.54) is 24.0 Å². The van der Waals surface area contributed by atoms with Crippen molar-refractivity contribution in [1.29, 1.82) is 0 Å². The second kappa shape index (κ2) is 4.34. The number of aromatic nitrogens is 2. The van der Waals surface area contributed by atoms with Crippen molar-refractivity contribution in [3.05, 3.63) is 41.6 Å². The van der Waals surface area contributed by atoms with Gasteiger partial charge < -0.3 is 5.32 Å². The van der Waals surface area contributed by atoms with Gasteiger partial charge >= 0.3 is 0 Å². The lowest BCUT2D eigenvalue weighted by Gasteiger charge is -2.00. The molecular formula is C14H17N3. The second-order valence-corrected chi connectivity index (χ2v) is 4.75. The average Bonchev–Trinajstić information content (AvgIpc) is 3.06. The lowest BCUT2D eigenvalue weighted by molar-refractivity contribution is 0.672. The van der Waals surface area contributed by atoms with Crippen LogP contribution in [0.3, 0.4) is 0 Å². The van der Waals surface area contributed by atoms with Crippen LogP contribution in [0.25, 0.3) is 11.3 Å². The van der Waals surface area contributed by atoms with Crippen LogP contribution in [0.15, 0.2) is 30.3 Å². The van der Waals surface area contributed by atoms with E-state index >= 15 is 0 Å². The third kappa shape index (κ3) is 2.39. The minimum Gasteiger partial charge on any atom is -0.308 e. The molecule has 0 saturated heterocycles. The summed E-state index contributed by atoms with van der Waals surface area (Å²) in [7, 11) is 0. The van der Waals surface area contributed by atoms with Crippen molar-refractivity contribution in [1.82, 2.24) is 15.5 Å². The standard InChI is InChI=1S/C14H17N3/c1-10-4-2-3-5-13(10)14-8-12(16-17-14)9-15-11-6-7-11/h2-5,8,11,15H,6-7,9H2,1H3,(H,16,17). The molecule has 0 unspecified atom stereocenters. The SMILES string of the molecule is Cc1ccccc1-c1cc(CNC2CC2)[nH]n1. The summed E-state index contributed by atoms with van der Waals surface area (Å²) in [5.74, 6) is 0. The molecule has 1 aromatic carbocycles. The van der Waals surface area contributed by atoms with Crippen molar-refractivity contribution in [3.8, 4) is 11.3 Å². The van der Waals surface area contributed by atoms with E-state index in [1.807, 2.05) is 0 Å². The third-order valence-electron chi connectivity index (χ3n) is 3.21. The van der Waals surface area contributed by atoms with Crippen molar-refractivity contribution in [3.63, 3.8) is 0 Å². The zero-order valence-electron chi connectivity index (χ0n) is 10.0. The molecule has 0 atom stereocenters. The van der Waals surface area contributed by atoms with E-state index in [2.05, 4.69) is 52.8 Å². The Hall–Kier alpha value is -1.61. The monoisotopic (exact) mass is 227 g/mol. The Balaban J connectivity index is 1.77. The highest BCUT2D eigenvalue weighted by atomic mass is 15.1. The smallest absolute Gasteiger partial charge is 0.0926 e. The van der Waals surface area contributed by atoms with E-state index in [0.717, 1.165) is 24.0 Å².